The Morgan fingerprint density at radius 1 is 1.12 bits per heavy atom. The second kappa shape index (κ2) is 5.71. The first-order chi connectivity index (χ1) is 11.9. The average molecular weight is 375 g/mol. The number of fused-ring (bicyclic) bond motifs is 1. The molecule has 7 heteroatoms. The molecule has 0 aromatic heterocycles. The minimum absolute atomic E-state index is 0.174. The van der Waals surface area contributed by atoms with Gasteiger partial charge in [0.05, 0.1) is 15.1 Å². The zero-order chi connectivity index (χ0) is 17.8. The topological polar surface area (TPSA) is 78.6 Å². The van der Waals surface area contributed by atoms with Crippen molar-refractivity contribution in [2.45, 2.75) is 23.0 Å². The Morgan fingerprint density at radius 2 is 1.80 bits per heavy atom. The van der Waals surface area contributed by atoms with E-state index in [0.717, 1.165) is 11.1 Å². The van der Waals surface area contributed by atoms with Crippen LogP contribution in [0.2, 0.25) is 0 Å². The van der Waals surface area contributed by atoms with E-state index in [0.29, 0.717) is 16.4 Å². The molecule has 1 heterocycles. The molecule has 5 nitrogen and oxygen atoms in total. The molecule has 1 fully saturated rings. The summed E-state index contributed by atoms with van der Waals surface area (Å²) in [6.07, 6.45) is 0. The summed E-state index contributed by atoms with van der Waals surface area (Å²) < 4.78 is 36.8. The Morgan fingerprint density at radius 3 is 2.48 bits per heavy atom. The SMILES string of the molecule is Cc1ccc(S(=O)(=O)[C@@H]2[C@H](C(N)=S)[C@@H]2c2ccc3c(c2)OCO3)cc1. The number of benzene rings is 2. The molecular weight excluding hydrogens is 358 g/mol. The van der Waals surface area contributed by atoms with Crippen LogP contribution in [-0.2, 0) is 9.84 Å². The van der Waals surface area contributed by atoms with E-state index in [9.17, 15) is 8.42 Å². The fraction of sp³-hybridized carbons (Fsp3) is 0.278. The van der Waals surface area contributed by atoms with Gasteiger partial charge in [0.2, 0.25) is 6.79 Å². The highest BCUT2D eigenvalue weighted by Gasteiger charge is 2.60. The molecule has 2 aromatic rings. The van der Waals surface area contributed by atoms with E-state index >= 15 is 0 Å². The lowest BCUT2D eigenvalue weighted by Crippen LogP contribution is -2.17. The van der Waals surface area contributed by atoms with Gasteiger partial charge in [0.25, 0.3) is 0 Å². The molecule has 0 amide bonds. The zero-order valence-corrected chi connectivity index (χ0v) is 15.1. The standard InChI is InChI=1S/C18H17NO4S2/c1-10-2-5-12(6-3-10)25(20,21)17-15(16(17)18(19)24)11-4-7-13-14(8-11)23-9-22-13/h2-8,15-17H,9H2,1H3,(H2,19,24)/t15-,16+,17-/m0/s1. The smallest absolute Gasteiger partial charge is 0.231 e. The maximum absolute atomic E-state index is 13.1. The van der Waals surface area contributed by atoms with Gasteiger partial charge in [0.15, 0.2) is 21.3 Å². The van der Waals surface area contributed by atoms with Gasteiger partial charge in [-0.1, -0.05) is 36.0 Å². The van der Waals surface area contributed by atoms with Crippen LogP contribution in [0.4, 0.5) is 0 Å². The van der Waals surface area contributed by atoms with Crippen molar-refractivity contribution in [2.24, 2.45) is 11.7 Å². The molecule has 1 saturated carbocycles. The number of nitrogens with two attached hydrogens (primary N) is 1. The number of aryl methyl sites for hydroxylation is 1. The van der Waals surface area contributed by atoms with Crippen molar-refractivity contribution in [3.63, 3.8) is 0 Å². The molecule has 0 bridgehead atoms. The highest BCUT2D eigenvalue weighted by molar-refractivity contribution is 7.92. The van der Waals surface area contributed by atoms with Crippen LogP contribution >= 0.6 is 12.2 Å². The van der Waals surface area contributed by atoms with Crippen LogP contribution in [0.5, 0.6) is 11.5 Å². The molecule has 0 spiro atoms. The van der Waals surface area contributed by atoms with Crippen molar-refractivity contribution in [3.8, 4) is 11.5 Å². The van der Waals surface area contributed by atoms with Gasteiger partial charge in [-0.3, -0.25) is 0 Å². The normalized spacial score (nSPS) is 24.1. The number of sulfone groups is 1. The molecule has 0 unspecified atom stereocenters. The minimum Gasteiger partial charge on any atom is -0.454 e. The van der Waals surface area contributed by atoms with Gasteiger partial charge in [0, 0.05) is 11.8 Å². The van der Waals surface area contributed by atoms with Crippen LogP contribution in [-0.4, -0.2) is 25.4 Å². The summed E-state index contributed by atoms with van der Waals surface area (Å²) in [4.78, 5) is 0.524. The molecule has 1 aliphatic carbocycles. The lowest BCUT2D eigenvalue weighted by molar-refractivity contribution is 0.174. The Balaban J connectivity index is 1.71. The van der Waals surface area contributed by atoms with E-state index in [1.807, 2.05) is 19.1 Å². The van der Waals surface area contributed by atoms with Gasteiger partial charge in [-0.2, -0.15) is 0 Å². The number of rotatable bonds is 4. The van der Waals surface area contributed by atoms with Gasteiger partial charge < -0.3 is 15.2 Å². The van der Waals surface area contributed by atoms with Crippen LogP contribution in [0, 0.1) is 12.8 Å². The number of hydrogen-bond donors (Lipinski definition) is 1. The number of hydrogen-bond acceptors (Lipinski definition) is 5. The summed E-state index contributed by atoms with van der Waals surface area (Å²) in [6.45, 7) is 2.09. The fourth-order valence-electron chi connectivity index (χ4n) is 3.41. The molecular formula is C18H17NO4S2. The van der Waals surface area contributed by atoms with Crippen LogP contribution in [0.25, 0.3) is 0 Å². The summed E-state index contributed by atoms with van der Waals surface area (Å²) in [6, 6.07) is 12.3. The van der Waals surface area contributed by atoms with E-state index in [-0.39, 0.29) is 23.6 Å². The maximum Gasteiger partial charge on any atom is 0.231 e. The minimum atomic E-state index is -3.53. The van der Waals surface area contributed by atoms with Crippen LogP contribution in [0.1, 0.15) is 17.0 Å². The average Bonchev–Trinajstić information content (AvgIpc) is 3.18. The van der Waals surface area contributed by atoms with E-state index in [4.69, 9.17) is 27.4 Å². The predicted octanol–water partition coefficient (Wildman–Crippen LogP) is 2.57. The largest absolute Gasteiger partial charge is 0.454 e. The van der Waals surface area contributed by atoms with Crippen molar-refractivity contribution < 1.29 is 17.9 Å². The molecule has 2 aromatic carbocycles. The second-order valence-corrected chi connectivity index (χ2v) is 8.97. The lowest BCUT2D eigenvalue weighted by Gasteiger charge is -2.05. The summed E-state index contributed by atoms with van der Waals surface area (Å²) in [5, 5.41) is -0.645. The Hall–Kier alpha value is -2.12. The lowest BCUT2D eigenvalue weighted by atomic mass is 10.1. The molecule has 2 aliphatic rings. The zero-order valence-electron chi connectivity index (χ0n) is 13.5. The molecule has 4 rings (SSSR count). The highest BCUT2D eigenvalue weighted by Crippen LogP contribution is 2.55. The summed E-state index contributed by atoms with van der Waals surface area (Å²) >= 11 is 5.13. The van der Waals surface area contributed by atoms with Crippen LogP contribution in [0.3, 0.4) is 0 Å². The number of ether oxygens (including phenoxy) is 2. The van der Waals surface area contributed by atoms with Gasteiger partial charge in [-0.25, -0.2) is 8.42 Å². The second-order valence-electron chi connectivity index (χ2n) is 6.39. The third-order valence-electron chi connectivity index (χ3n) is 4.77. The number of thiocarbonyl (C=S) groups is 1. The van der Waals surface area contributed by atoms with E-state index in [2.05, 4.69) is 0 Å². The third-order valence-corrected chi connectivity index (χ3v) is 7.28. The predicted molar refractivity (Wildman–Crippen MR) is 97.7 cm³/mol. The molecule has 0 radical (unpaired) electrons. The quantitative estimate of drug-likeness (QED) is 0.828. The van der Waals surface area contributed by atoms with Crippen LogP contribution < -0.4 is 15.2 Å². The van der Waals surface area contributed by atoms with Gasteiger partial charge in [-0.15, -0.1) is 0 Å². The Labute approximate surface area is 151 Å². The van der Waals surface area contributed by atoms with Crippen LogP contribution in [0.15, 0.2) is 47.4 Å². The van der Waals surface area contributed by atoms with Crippen molar-refractivity contribution in [1.29, 1.82) is 0 Å². The van der Waals surface area contributed by atoms with Crippen molar-refractivity contribution in [3.05, 3.63) is 53.6 Å². The highest BCUT2D eigenvalue weighted by atomic mass is 32.2. The first-order valence-electron chi connectivity index (χ1n) is 7.89. The molecule has 2 N–H and O–H groups in total. The van der Waals surface area contributed by atoms with Gasteiger partial charge in [0.1, 0.15) is 0 Å². The van der Waals surface area contributed by atoms with E-state index in [1.165, 1.54) is 0 Å². The van der Waals surface area contributed by atoms with Gasteiger partial charge in [-0.05, 0) is 36.8 Å². The molecule has 0 saturated heterocycles. The van der Waals surface area contributed by atoms with E-state index < -0.39 is 15.1 Å². The molecule has 3 atom stereocenters. The van der Waals surface area contributed by atoms with Crippen molar-refractivity contribution in [1.82, 2.24) is 0 Å². The molecule has 130 valence electrons. The van der Waals surface area contributed by atoms with E-state index in [1.54, 1.807) is 30.3 Å². The Kier molecular flexibility index (Phi) is 3.73. The first-order valence-corrected chi connectivity index (χ1v) is 9.84. The van der Waals surface area contributed by atoms with Crippen molar-refractivity contribution >= 4 is 27.0 Å². The summed E-state index contributed by atoms with van der Waals surface area (Å²) in [7, 11) is -3.53. The fourth-order valence-corrected chi connectivity index (χ4v) is 5.94. The monoisotopic (exact) mass is 375 g/mol. The molecule has 1 aliphatic heterocycles. The Bertz CT molecular complexity index is 954. The third kappa shape index (κ3) is 2.67. The first kappa shape index (κ1) is 16.4. The molecule has 25 heavy (non-hydrogen) atoms. The van der Waals surface area contributed by atoms with Gasteiger partial charge >= 0.3 is 0 Å². The summed E-state index contributed by atoms with van der Waals surface area (Å²) in [5.74, 6) is 0.645. The van der Waals surface area contributed by atoms with Crippen molar-refractivity contribution in [2.75, 3.05) is 6.79 Å². The maximum atomic E-state index is 13.1. The summed E-state index contributed by atoms with van der Waals surface area (Å²) in [5.41, 5.74) is 7.70.